The molecule has 0 atom stereocenters. The summed E-state index contributed by atoms with van der Waals surface area (Å²) in [6.07, 6.45) is 3.66. The van der Waals surface area contributed by atoms with Gasteiger partial charge in [-0.25, -0.2) is 0 Å². The Morgan fingerprint density at radius 1 is 1.00 bits per heavy atom. The molecule has 0 unspecified atom stereocenters. The molecular formula is C22H20N2O2S2. The van der Waals surface area contributed by atoms with Gasteiger partial charge in [-0.05, 0) is 43.2 Å². The molecule has 2 aliphatic rings. The molecule has 0 radical (unpaired) electrons. The van der Waals surface area contributed by atoms with Crippen molar-refractivity contribution in [3.63, 3.8) is 0 Å². The number of benzene rings is 2. The van der Waals surface area contributed by atoms with Crippen LogP contribution in [0.1, 0.15) is 13.8 Å². The SMILES string of the molecule is CCN1C(=O)/C(=C\C=C2/Oc3ccc(-c4ccccc4)cc3N2CC)SC1=S. The zero-order chi connectivity index (χ0) is 19.7. The molecule has 4 rings (SSSR count). The molecule has 0 bridgehead atoms. The number of thiocarbonyl (C=S) groups is 1. The molecule has 28 heavy (non-hydrogen) atoms. The van der Waals surface area contributed by atoms with Crippen LogP contribution in [0.2, 0.25) is 0 Å². The molecule has 2 aromatic carbocycles. The van der Waals surface area contributed by atoms with E-state index < -0.39 is 0 Å². The lowest BCUT2D eigenvalue weighted by atomic mass is 10.0. The molecule has 142 valence electrons. The van der Waals surface area contributed by atoms with Gasteiger partial charge in [0.1, 0.15) is 4.32 Å². The van der Waals surface area contributed by atoms with Crippen LogP contribution in [0.3, 0.4) is 0 Å². The normalized spacial score (nSPS) is 18.9. The number of hydrogen-bond donors (Lipinski definition) is 0. The number of nitrogens with zero attached hydrogens (tertiary/aromatic N) is 2. The van der Waals surface area contributed by atoms with Gasteiger partial charge >= 0.3 is 0 Å². The molecule has 0 spiro atoms. The predicted molar refractivity (Wildman–Crippen MR) is 119 cm³/mol. The third kappa shape index (κ3) is 3.34. The van der Waals surface area contributed by atoms with E-state index in [2.05, 4.69) is 36.1 Å². The molecule has 0 aliphatic carbocycles. The molecule has 4 nitrogen and oxygen atoms in total. The zero-order valence-electron chi connectivity index (χ0n) is 15.7. The fourth-order valence-corrected chi connectivity index (χ4v) is 4.62. The van der Waals surface area contributed by atoms with Crippen LogP contribution in [0.4, 0.5) is 5.69 Å². The largest absolute Gasteiger partial charge is 0.439 e. The van der Waals surface area contributed by atoms with Gasteiger partial charge in [0.05, 0.1) is 10.6 Å². The molecule has 2 aliphatic heterocycles. The van der Waals surface area contributed by atoms with Gasteiger partial charge < -0.3 is 9.64 Å². The van der Waals surface area contributed by atoms with E-state index in [4.69, 9.17) is 17.0 Å². The van der Waals surface area contributed by atoms with Crippen molar-refractivity contribution >= 4 is 39.9 Å². The minimum absolute atomic E-state index is 0.0423. The first-order valence-electron chi connectivity index (χ1n) is 9.23. The van der Waals surface area contributed by atoms with Gasteiger partial charge in [-0.3, -0.25) is 9.69 Å². The van der Waals surface area contributed by atoms with E-state index in [1.165, 1.54) is 17.3 Å². The highest BCUT2D eigenvalue weighted by atomic mass is 32.2. The van der Waals surface area contributed by atoms with Crippen molar-refractivity contribution in [3.8, 4) is 16.9 Å². The lowest BCUT2D eigenvalue weighted by Gasteiger charge is -2.15. The zero-order valence-corrected chi connectivity index (χ0v) is 17.3. The first-order valence-corrected chi connectivity index (χ1v) is 10.4. The molecule has 1 fully saturated rings. The van der Waals surface area contributed by atoms with E-state index in [0.717, 1.165) is 23.5 Å². The Hall–Kier alpha value is -2.57. The fourth-order valence-electron chi connectivity index (χ4n) is 3.30. The summed E-state index contributed by atoms with van der Waals surface area (Å²) in [6, 6.07) is 16.5. The van der Waals surface area contributed by atoms with Crippen LogP contribution in [-0.4, -0.2) is 28.2 Å². The average molecular weight is 409 g/mol. The molecule has 0 saturated carbocycles. The number of likely N-dealkylation sites (N-methyl/N-ethyl adjacent to an activating group) is 1. The smallest absolute Gasteiger partial charge is 0.266 e. The topological polar surface area (TPSA) is 32.8 Å². The fraction of sp³-hybridized carbons (Fsp3) is 0.182. The minimum Gasteiger partial charge on any atom is -0.439 e. The maximum atomic E-state index is 12.4. The molecule has 6 heteroatoms. The second-order valence-corrected chi connectivity index (χ2v) is 8.02. The lowest BCUT2D eigenvalue weighted by Crippen LogP contribution is -2.27. The number of carbonyl (C=O) groups excluding carboxylic acids is 1. The Morgan fingerprint density at radius 2 is 1.75 bits per heavy atom. The Kier molecular flexibility index (Phi) is 5.24. The van der Waals surface area contributed by atoms with E-state index in [0.29, 0.717) is 21.7 Å². The molecule has 1 amide bonds. The molecule has 1 saturated heterocycles. The van der Waals surface area contributed by atoms with Crippen LogP contribution in [-0.2, 0) is 4.79 Å². The van der Waals surface area contributed by atoms with Gasteiger partial charge in [0.25, 0.3) is 5.91 Å². The second kappa shape index (κ2) is 7.81. The minimum atomic E-state index is -0.0423. The highest BCUT2D eigenvalue weighted by molar-refractivity contribution is 8.26. The number of rotatable bonds is 4. The van der Waals surface area contributed by atoms with Gasteiger partial charge in [-0.1, -0.05) is 60.4 Å². The third-order valence-corrected chi connectivity index (χ3v) is 6.12. The van der Waals surface area contributed by atoms with E-state index in [1.807, 2.05) is 37.3 Å². The Labute approximate surface area is 174 Å². The molecule has 2 heterocycles. The van der Waals surface area contributed by atoms with Crippen molar-refractivity contribution in [2.75, 3.05) is 18.0 Å². The van der Waals surface area contributed by atoms with Crippen LogP contribution in [0.15, 0.2) is 71.5 Å². The molecule has 0 aromatic heterocycles. The summed E-state index contributed by atoms with van der Waals surface area (Å²) in [6.45, 7) is 5.36. The van der Waals surface area contributed by atoms with Crippen LogP contribution in [0.5, 0.6) is 5.75 Å². The van der Waals surface area contributed by atoms with Gasteiger partial charge in [0.2, 0.25) is 5.88 Å². The summed E-state index contributed by atoms with van der Waals surface area (Å²) in [4.78, 5) is 16.7. The summed E-state index contributed by atoms with van der Waals surface area (Å²) in [5.74, 6) is 1.49. The van der Waals surface area contributed by atoms with Crippen molar-refractivity contribution < 1.29 is 9.53 Å². The maximum absolute atomic E-state index is 12.4. The summed E-state index contributed by atoms with van der Waals surface area (Å²) in [5, 5.41) is 0. The Bertz CT molecular complexity index is 999. The summed E-state index contributed by atoms with van der Waals surface area (Å²) < 4.78 is 6.66. The van der Waals surface area contributed by atoms with E-state index >= 15 is 0 Å². The van der Waals surface area contributed by atoms with Crippen LogP contribution < -0.4 is 9.64 Å². The van der Waals surface area contributed by atoms with Crippen molar-refractivity contribution in [2.24, 2.45) is 0 Å². The van der Waals surface area contributed by atoms with Crippen molar-refractivity contribution in [2.45, 2.75) is 13.8 Å². The predicted octanol–water partition coefficient (Wildman–Crippen LogP) is 5.18. The van der Waals surface area contributed by atoms with Crippen molar-refractivity contribution in [3.05, 3.63) is 71.5 Å². The lowest BCUT2D eigenvalue weighted by molar-refractivity contribution is -0.122. The van der Waals surface area contributed by atoms with Gasteiger partial charge in [-0.15, -0.1) is 0 Å². The van der Waals surface area contributed by atoms with Crippen LogP contribution >= 0.6 is 24.0 Å². The van der Waals surface area contributed by atoms with Gasteiger partial charge in [0.15, 0.2) is 5.75 Å². The third-order valence-electron chi connectivity index (χ3n) is 4.72. The van der Waals surface area contributed by atoms with Crippen LogP contribution in [0, 0.1) is 0 Å². The maximum Gasteiger partial charge on any atom is 0.266 e. The monoisotopic (exact) mass is 408 g/mol. The van der Waals surface area contributed by atoms with Crippen molar-refractivity contribution in [1.29, 1.82) is 0 Å². The molecule has 0 N–H and O–H groups in total. The van der Waals surface area contributed by atoms with E-state index in [-0.39, 0.29) is 5.91 Å². The van der Waals surface area contributed by atoms with E-state index in [1.54, 1.807) is 11.0 Å². The number of anilines is 1. The molecular weight excluding hydrogens is 388 g/mol. The summed E-state index contributed by atoms with van der Waals surface area (Å²) >= 11 is 6.60. The van der Waals surface area contributed by atoms with Gasteiger partial charge in [0, 0.05) is 19.2 Å². The number of hydrogen-bond acceptors (Lipinski definition) is 5. The number of amides is 1. The number of fused-ring (bicyclic) bond motifs is 1. The van der Waals surface area contributed by atoms with E-state index in [9.17, 15) is 4.79 Å². The number of carbonyl (C=O) groups is 1. The average Bonchev–Trinajstić information content (AvgIpc) is 3.21. The van der Waals surface area contributed by atoms with Crippen molar-refractivity contribution in [1.82, 2.24) is 4.90 Å². The summed E-state index contributed by atoms with van der Waals surface area (Å²) in [7, 11) is 0. The van der Waals surface area contributed by atoms with Gasteiger partial charge in [-0.2, -0.15) is 0 Å². The van der Waals surface area contributed by atoms with Crippen LogP contribution in [0.25, 0.3) is 11.1 Å². The molecule has 2 aromatic rings. The number of thioether (sulfide) groups is 1. The quantitative estimate of drug-likeness (QED) is 0.514. The number of ether oxygens (including phenoxy) is 1. The Balaban J connectivity index is 1.63. The first kappa shape index (κ1) is 18.8. The number of allylic oxidation sites excluding steroid dienone is 2. The summed E-state index contributed by atoms with van der Waals surface area (Å²) in [5.41, 5.74) is 3.35. The Morgan fingerprint density at radius 3 is 2.43 bits per heavy atom. The highest BCUT2D eigenvalue weighted by Crippen LogP contribution is 2.41. The highest BCUT2D eigenvalue weighted by Gasteiger charge is 2.31. The first-order chi connectivity index (χ1) is 13.6. The standard InChI is InChI=1S/C22H20N2O2S2/c1-3-23-17-14-16(15-8-6-5-7-9-15)10-11-18(17)26-20(23)13-12-19-21(25)24(4-2)22(27)28-19/h5-14H,3-4H2,1-2H3/b19-12+,20-13-. The second-order valence-electron chi connectivity index (χ2n) is 6.35.